The van der Waals surface area contributed by atoms with E-state index in [9.17, 15) is 4.79 Å². The van der Waals surface area contributed by atoms with Gasteiger partial charge in [0.1, 0.15) is 6.61 Å². The zero-order chi connectivity index (χ0) is 15.8. The number of aryl methyl sites for hydroxylation is 1. The van der Waals surface area contributed by atoms with E-state index in [0.29, 0.717) is 30.9 Å². The van der Waals surface area contributed by atoms with Crippen molar-refractivity contribution >= 4 is 5.97 Å². The topological polar surface area (TPSA) is 44.8 Å². The van der Waals surface area contributed by atoms with Crippen LogP contribution in [0.25, 0.3) is 0 Å². The Bertz CT molecular complexity index is 622. The summed E-state index contributed by atoms with van der Waals surface area (Å²) in [5.41, 5.74) is 2.14. The van der Waals surface area contributed by atoms with E-state index in [0.717, 1.165) is 11.1 Å². The second-order valence-electron chi connectivity index (χ2n) is 4.84. The fourth-order valence-corrected chi connectivity index (χ4v) is 2.12. The number of methoxy groups -OCH3 is 2. The van der Waals surface area contributed by atoms with Gasteiger partial charge in [-0.25, -0.2) is 0 Å². The number of para-hydroxylation sites is 2. The summed E-state index contributed by atoms with van der Waals surface area (Å²) in [6.07, 6.45) is 1.04. The first-order valence-electron chi connectivity index (χ1n) is 7.13. The van der Waals surface area contributed by atoms with Crippen molar-refractivity contribution in [2.24, 2.45) is 0 Å². The van der Waals surface area contributed by atoms with Crippen LogP contribution < -0.4 is 9.47 Å². The van der Waals surface area contributed by atoms with E-state index in [1.165, 1.54) is 7.11 Å². The summed E-state index contributed by atoms with van der Waals surface area (Å²) in [5.74, 6) is 1.23. The van der Waals surface area contributed by atoms with Gasteiger partial charge in [-0.05, 0) is 29.7 Å². The van der Waals surface area contributed by atoms with Crippen LogP contribution >= 0.6 is 0 Å². The molecular formula is C18H20O4. The van der Waals surface area contributed by atoms with Gasteiger partial charge in [0, 0.05) is 6.42 Å². The molecule has 2 aromatic carbocycles. The van der Waals surface area contributed by atoms with Gasteiger partial charge in [-0.2, -0.15) is 0 Å². The second-order valence-corrected chi connectivity index (χ2v) is 4.84. The monoisotopic (exact) mass is 300 g/mol. The van der Waals surface area contributed by atoms with Crippen LogP contribution in [0.1, 0.15) is 17.5 Å². The first-order chi connectivity index (χ1) is 10.7. The molecule has 0 radical (unpaired) electrons. The van der Waals surface area contributed by atoms with Gasteiger partial charge >= 0.3 is 5.97 Å². The van der Waals surface area contributed by atoms with Gasteiger partial charge in [-0.1, -0.05) is 36.4 Å². The van der Waals surface area contributed by atoms with Crippen molar-refractivity contribution in [2.45, 2.75) is 19.4 Å². The van der Waals surface area contributed by atoms with Crippen molar-refractivity contribution in [3.8, 4) is 11.5 Å². The highest BCUT2D eigenvalue weighted by atomic mass is 16.5. The van der Waals surface area contributed by atoms with Crippen LogP contribution in [0.2, 0.25) is 0 Å². The third kappa shape index (κ3) is 4.52. The maximum absolute atomic E-state index is 11.2. The molecule has 0 atom stereocenters. The summed E-state index contributed by atoms with van der Waals surface area (Å²) >= 11 is 0. The van der Waals surface area contributed by atoms with Crippen LogP contribution in [-0.2, 0) is 22.6 Å². The van der Waals surface area contributed by atoms with Crippen molar-refractivity contribution in [3.05, 3.63) is 59.7 Å². The Balaban J connectivity index is 1.97. The Morgan fingerprint density at radius 3 is 2.41 bits per heavy atom. The Morgan fingerprint density at radius 2 is 1.68 bits per heavy atom. The van der Waals surface area contributed by atoms with E-state index >= 15 is 0 Å². The zero-order valence-corrected chi connectivity index (χ0v) is 12.9. The van der Waals surface area contributed by atoms with E-state index in [-0.39, 0.29) is 5.97 Å². The highest BCUT2D eigenvalue weighted by Gasteiger charge is 2.05. The lowest BCUT2D eigenvalue weighted by Crippen LogP contribution is -2.02. The number of esters is 1. The van der Waals surface area contributed by atoms with Gasteiger partial charge in [0.05, 0.1) is 14.2 Å². The number of hydrogen-bond donors (Lipinski definition) is 0. The molecule has 0 saturated carbocycles. The number of rotatable bonds is 7. The number of carbonyl (C=O) groups is 1. The van der Waals surface area contributed by atoms with Crippen molar-refractivity contribution in [1.29, 1.82) is 0 Å². The van der Waals surface area contributed by atoms with Crippen molar-refractivity contribution in [2.75, 3.05) is 14.2 Å². The lowest BCUT2D eigenvalue weighted by molar-refractivity contribution is -0.140. The molecular weight excluding hydrogens is 280 g/mol. The van der Waals surface area contributed by atoms with E-state index in [2.05, 4.69) is 4.74 Å². The molecule has 0 fully saturated rings. The molecule has 22 heavy (non-hydrogen) atoms. The molecule has 0 unspecified atom stereocenters. The summed E-state index contributed by atoms with van der Waals surface area (Å²) in [7, 11) is 3.02. The van der Waals surface area contributed by atoms with Crippen LogP contribution in [0, 0.1) is 0 Å². The molecule has 0 spiro atoms. The molecule has 0 aliphatic rings. The Labute approximate surface area is 130 Å². The lowest BCUT2D eigenvalue weighted by Gasteiger charge is -2.11. The first kappa shape index (κ1) is 15.9. The van der Waals surface area contributed by atoms with Crippen LogP contribution in [0.15, 0.2) is 48.5 Å². The Morgan fingerprint density at radius 1 is 0.955 bits per heavy atom. The molecule has 0 aliphatic heterocycles. The molecule has 0 heterocycles. The lowest BCUT2D eigenvalue weighted by atomic mass is 10.1. The quantitative estimate of drug-likeness (QED) is 0.735. The standard InChI is InChI=1S/C18H20O4/c1-20-16-8-3-4-9-17(16)22-13-15-7-5-6-14(12-15)10-11-18(19)21-2/h3-9,12H,10-11,13H2,1-2H3. The van der Waals surface area contributed by atoms with Crippen LogP contribution in [-0.4, -0.2) is 20.2 Å². The fourth-order valence-electron chi connectivity index (χ4n) is 2.12. The predicted octanol–water partition coefficient (Wildman–Crippen LogP) is 3.38. The second kappa shape index (κ2) is 8.08. The molecule has 0 saturated heterocycles. The summed E-state index contributed by atoms with van der Waals surface area (Å²) in [4.78, 5) is 11.2. The predicted molar refractivity (Wildman–Crippen MR) is 84.1 cm³/mol. The summed E-state index contributed by atoms with van der Waals surface area (Å²) in [6.45, 7) is 0.451. The number of ether oxygens (including phenoxy) is 3. The third-order valence-electron chi connectivity index (χ3n) is 3.30. The van der Waals surface area contributed by atoms with E-state index in [1.54, 1.807) is 7.11 Å². The average Bonchev–Trinajstić information content (AvgIpc) is 2.58. The summed E-state index contributed by atoms with van der Waals surface area (Å²) in [6, 6.07) is 15.5. The molecule has 4 heteroatoms. The van der Waals surface area contributed by atoms with Gasteiger partial charge < -0.3 is 14.2 Å². The molecule has 0 bridgehead atoms. The number of carbonyl (C=O) groups excluding carboxylic acids is 1. The Kier molecular flexibility index (Phi) is 5.83. The SMILES string of the molecule is COC(=O)CCc1cccc(COc2ccccc2OC)c1. The molecule has 0 N–H and O–H groups in total. The summed E-state index contributed by atoms with van der Waals surface area (Å²) < 4.78 is 15.7. The number of benzene rings is 2. The van der Waals surface area contributed by atoms with Gasteiger partial charge in [0.2, 0.25) is 0 Å². The average molecular weight is 300 g/mol. The van der Waals surface area contributed by atoms with Gasteiger partial charge in [-0.3, -0.25) is 4.79 Å². The molecule has 0 amide bonds. The molecule has 0 aromatic heterocycles. The first-order valence-corrected chi connectivity index (χ1v) is 7.13. The van der Waals surface area contributed by atoms with Crippen LogP contribution in [0.5, 0.6) is 11.5 Å². The highest BCUT2D eigenvalue weighted by Crippen LogP contribution is 2.26. The van der Waals surface area contributed by atoms with E-state index in [1.807, 2.05) is 48.5 Å². The number of hydrogen-bond acceptors (Lipinski definition) is 4. The van der Waals surface area contributed by atoms with Crippen molar-refractivity contribution < 1.29 is 19.0 Å². The van der Waals surface area contributed by atoms with E-state index in [4.69, 9.17) is 9.47 Å². The van der Waals surface area contributed by atoms with Crippen LogP contribution in [0.3, 0.4) is 0 Å². The smallest absolute Gasteiger partial charge is 0.305 e. The normalized spacial score (nSPS) is 10.1. The minimum atomic E-state index is -0.198. The van der Waals surface area contributed by atoms with Crippen molar-refractivity contribution in [1.82, 2.24) is 0 Å². The summed E-state index contributed by atoms with van der Waals surface area (Å²) in [5, 5.41) is 0. The van der Waals surface area contributed by atoms with Crippen molar-refractivity contribution in [3.63, 3.8) is 0 Å². The zero-order valence-electron chi connectivity index (χ0n) is 12.9. The van der Waals surface area contributed by atoms with Gasteiger partial charge in [0.25, 0.3) is 0 Å². The molecule has 116 valence electrons. The maximum Gasteiger partial charge on any atom is 0.305 e. The molecule has 4 nitrogen and oxygen atoms in total. The highest BCUT2D eigenvalue weighted by molar-refractivity contribution is 5.69. The van der Waals surface area contributed by atoms with E-state index < -0.39 is 0 Å². The molecule has 2 aromatic rings. The Hall–Kier alpha value is -2.49. The molecule has 2 rings (SSSR count). The van der Waals surface area contributed by atoms with Crippen LogP contribution in [0.4, 0.5) is 0 Å². The maximum atomic E-state index is 11.2. The van der Waals surface area contributed by atoms with Gasteiger partial charge in [-0.15, -0.1) is 0 Å². The minimum Gasteiger partial charge on any atom is -0.493 e. The fraction of sp³-hybridized carbons (Fsp3) is 0.278. The third-order valence-corrected chi connectivity index (χ3v) is 3.30. The van der Waals surface area contributed by atoms with Gasteiger partial charge in [0.15, 0.2) is 11.5 Å². The minimum absolute atomic E-state index is 0.198. The molecule has 0 aliphatic carbocycles. The largest absolute Gasteiger partial charge is 0.493 e.